The Morgan fingerprint density at radius 3 is 1.25 bits per heavy atom. The molecule has 1 radical (unpaired) electrons. The molecule has 0 fully saturated rings. The summed E-state index contributed by atoms with van der Waals surface area (Å²) >= 11 is 0.0556. The Labute approximate surface area is 50.0 Å². The van der Waals surface area contributed by atoms with Gasteiger partial charge in [-0.1, -0.05) is 0 Å². The first-order valence-corrected chi connectivity index (χ1v) is 1.79. The third-order valence-electron chi connectivity index (χ3n) is 0. The van der Waals surface area contributed by atoms with Crippen molar-refractivity contribution in [3.05, 3.63) is 0 Å². The topological polar surface area (TPSA) is 48.6 Å². The van der Waals surface area contributed by atoms with E-state index in [1.165, 1.54) is 0 Å². The Kier molecular flexibility index (Phi) is 147. The molecular formula is H3BiMnO2. The van der Waals surface area contributed by atoms with E-state index in [4.69, 9.17) is 2.81 Å². The molecule has 2 N–H and O–H groups in total. The SMILES string of the molecule is O.[Mn].[O]=[BiH]. The quantitative estimate of drug-likeness (QED) is 0.497. The van der Waals surface area contributed by atoms with Crippen molar-refractivity contribution < 1.29 is 25.4 Å². The van der Waals surface area contributed by atoms with E-state index in [1.54, 1.807) is 0 Å². The van der Waals surface area contributed by atoms with Crippen LogP contribution in [-0.4, -0.2) is 30.2 Å². The molecule has 0 atom stereocenters. The van der Waals surface area contributed by atoms with E-state index in [2.05, 4.69) is 0 Å². The predicted octanol–water partition coefficient (Wildman–Crippen LogP) is -1.59. The number of rotatable bonds is 0. The Hall–Kier alpha value is 1.16. The van der Waals surface area contributed by atoms with Gasteiger partial charge in [0, 0.05) is 17.1 Å². The maximum atomic E-state index is 8.39. The summed E-state index contributed by atoms with van der Waals surface area (Å²) < 4.78 is 8.39. The second kappa shape index (κ2) is 30.8. The Morgan fingerprint density at radius 2 is 1.25 bits per heavy atom. The van der Waals surface area contributed by atoms with Crippen LogP contribution >= 0.6 is 0 Å². The first kappa shape index (κ1) is 19.1. The van der Waals surface area contributed by atoms with Crippen LogP contribution < -0.4 is 0 Å². The summed E-state index contributed by atoms with van der Waals surface area (Å²) in [7, 11) is 0. The van der Waals surface area contributed by atoms with Gasteiger partial charge in [-0.05, 0) is 0 Å². The van der Waals surface area contributed by atoms with Gasteiger partial charge in [-0.3, -0.25) is 0 Å². The van der Waals surface area contributed by atoms with Crippen LogP contribution in [0.15, 0.2) is 0 Å². The summed E-state index contributed by atoms with van der Waals surface area (Å²) in [4.78, 5) is 0. The van der Waals surface area contributed by atoms with Gasteiger partial charge < -0.3 is 5.48 Å². The molecule has 0 saturated carbocycles. The van der Waals surface area contributed by atoms with E-state index in [9.17, 15) is 0 Å². The summed E-state index contributed by atoms with van der Waals surface area (Å²) in [5, 5.41) is 0. The Morgan fingerprint density at radius 1 is 1.25 bits per heavy atom. The molecule has 0 aliphatic heterocycles. The summed E-state index contributed by atoms with van der Waals surface area (Å²) in [6.45, 7) is 0. The van der Waals surface area contributed by atoms with Crippen molar-refractivity contribution in [1.29, 1.82) is 0 Å². The van der Waals surface area contributed by atoms with Crippen molar-refractivity contribution in [3.8, 4) is 0 Å². The molecular weight excluding hydrogens is 296 g/mol. The van der Waals surface area contributed by atoms with E-state index >= 15 is 0 Å². The van der Waals surface area contributed by atoms with Crippen molar-refractivity contribution in [1.82, 2.24) is 0 Å². The molecule has 0 aromatic rings. The van der Waals surface area contributed by atoms with Gasteiger partial charge in [0.05, 0.1) is 0 Å². The molecule has 4 heavy (non-hydrogen) atoms. The molecule has 0 aromatic carbocycles. The fourth-order valence-electron chi connectivity index (χ4n) is 0. The molecule has 0 spiro atoms. The predicted molar refractivity (Wildman–Crippen MR) is 11.4 cm³/mol. The van der Waals surface area contributed by atoms with Gasteiger partial charge in [-0.25, -0.2) is 0 Å². The molecule has 0 saturated heterocycles. The molecule has 0 heterocycles. The zero-order valence-electron chi connectivity index (χ0n) is 1.79. The standard InChI is InChI=1S/Bi.Mn.H2O.O.H/h;;1H2;;. The van der Waals surface area contributed by atoms with E-state index in [0.717, 1.165) is 0 Å². The molecule has 0 unspecified atom stereocenters. The van der Waals surface area contributed by atoms with Crippen LogP contribution in [0.25, 0.3) is 0 Å². The van der Waals surface area contributed by atoms with E-state index in [0.29, 0.717) is 0 Å². The third kappa shape index (κ3) is 10.9. The fraction of sp³-hybridized carbons (Fsp3) is 0. The first-order chi connectivity index (χ1) is 1.00. The van der Waals surface area contributed by atoms with Gasteiger partial charge in [0.15, 0.2) is 0 Å². The minimum atomic E-state index is 0. The zero-order valence-corrected chi connectivity index (χ0v) is 6.85. The average Bonchev–Trinajstić information content (AvgIpc) is 1.00. The fourth-order valence-corrected chi connectivity index (χ4v) is 0. The van der Waals surface area contributed by atoms with Crippen molar-refractivity contribution in [3.63, 3.8) is 0 Å². The molecule has 4 heteroatoms. The molecule has 0 rings (SSSR count). The molecule has 0 bridgehead atoms. The van der Waals surface area contributed by atoms with Gasteiger partial charge in [-0.15, -0.1) is 0 Å². The molecule has 0 aliphatic rings. The third-order valence-corrected chi connectivity index (χ3v) is 0. The van der Waals surface area contributed by atoms with Crippen LogP contribution in [0.1, 0.15) is 0 Å². The molecule has 2 nitrogen and oxygen atoms in total. The number of hydrogen-bond donors (Lipinski definition) is 0. The summed E-state index contributed by atoms with van der Waals surface area (Å²) in [6.07, 6.45) is 0. The van der Waals surface area contributed by atoms with E-state index < -0.39 is 0 Å². The normalized spacial score (nSPS) is 1.00. The van der Waals surface area contributed by atoms with Gasteiger partial charge in [0.1, 0.15) is 0 Å². The molecule has 0 amide bonds. The zero-order chi connectivity index (χ0) is 2.00. The minimum absolute atomic E-state index is 0. The van der Waals surface area contributed by atoms with Crippen LogP contribution in [0.3, 0.4) is 0 Å². The second-order valence-electron chi connectivity index (χ2n) is 0. The monoisotopic (exact) mass is 299 g/mol. The van der Waals surface area contributed by atoms with Crippen LogP contribution in [0.5, 0.6) is 0 Å². The maximum absolute atomic E-state index is 8.39. The first-order valence-electron chi connectivity index (χ1n) is 0.204. The summed E-state index contributed by atoms with van der Waals surface area (Å²) in [6, 6.07) is 0. The van der Waals surface area contributed by atoms with Gasteiger partial charge in [0.25, 0.3) is 0 Å². The van der Waals surface area contributed by atoms with Crippen molar-refractivity contribution >= 4 is 24.7 Å². The van der Waals surface area contributed by atoms with Gasteiger partial charge in [0.2, 0.25) is 0 Å². The summed E-state index contributed by atoms with van der Waals surface area (Å²) in [5.74, 6) is 0. The average molecular weight is 299 g/mol. The van der Waals surface area contributed by atoms with Crippen molar-refractivity contribution in [2.24, 2.45) is 0 Å². The second-order valence-corrected chi connectivity index (χ2v) is 0. The van der Waals surface area contributed by atoms with Crippen molar-refractivity contribution in [2.45, 2.75) is 0 Å². The van der Waals surface area contributed by atoms with Gasteiger partial charge in [-0.2, -0.15) is 0 Å². The van der Waals surface area contributed by atoms with Crippen LogP contribution in [0.4, 0.5) is 0 Å². The van der Waals surface area contributed by atoms with E-state index in [-0.39, 0.29) is 47.3 Å². The molecule has 27 valence electrons. The Bertz CT molecular complexity index is 6.00. The van der Waals surface area contributed by atoms with E-state index in [1.807, 2.05) is 0 Å². The van der Waals surface area contributed by atoms with Crippen LogP contribution in [0.2, 0.25) is 0 Å². The number of hydrogen-bond acceptors (Lipinski definition) is 1. The van der Waals surface area contributed by atoms with Crippen LogP contribution in [0, 0.1) is 0 Å². The van der Waals surface area contributed by atoms with Crippen LogP contribution in [-0.2, 0) is 19.9 Å². The molecule has 0 aliphatic carbocycles. The molecule has 0 aromatic heterocycles. The summed E-state index contributed by atoms with van der Waals surface area (Å²) in [5.41, 5.74) is 0. The van der Waals surface area contributed by atoms with Crippen molar-refractivity contribution in [2.75, 3.05) is 0 Å². The Balaban J connectivity index is -0.00000000500. The van der Waals surface area contributed by atoms with Gasteiger partial charge >= 0.3 is 27.5 Å².